The molecule has 0 saturated heterocycles. The molecular formula is C16H18N2O3. The second-order valence-corrected chi connectivity index (χ2v) is 5.78. The first-order valence-corrected chi connectivity index (χ1v) is 7.39. The van der Waals surface area contributed by atoms with Crippen LogP contribution < -0.4 is 5.32 Å². The standard InChI is InChI=1S/C16H18N2O3/c19-16(15-13-8-3-1-2-4-9-14(13)15)17-11-6-5-7-12(10-11)18(20)21/h3,5-8,10,13-15H,1-2,4,9H2,(H,17,19)/t13-,14+,15-/m1/s1. The summed E-state index contributed by atoms with van der Waals surface area (Å²) in [5.74, 6) is 0.805. The number of benzene rings is 1. The number of hydrogen-bond acceptors (Lipinski definition) is 3. The van der Waals surface area contributed by atoms with E-state index in [2.05, 4.69) is 17.5 Å². The molecule has 0 heterocycles. The number of nitro groups is 1. The van der Waals surface area contributed by atoms with Gasteiger partial charge in [-0.1, -0.05) is 24.6 Å². The van der Waals surface area contributed by atoms with Crippen molar-refractivity contribution in [3.8, 4) is 0 Å². The van der Waals surface area contributed by atoms with Gasteiger partial charge in [-0.05, 0) is 37.2 Å². The van der Waals surface area contributed by atoms with E-state index in [1.807, 2.05) is 0 Å². The van der Waals surface area contributed by atoms with Crippen LogP contribution in [-0.4, -0.2) is 10.8 Å². The zero-order valence-electron chi connectivity index (χ0n) is 11.7. The molecule has 1 N–H and O–H groups in total. The first-order chi connectivity index (χ1) is 10.2. The zero-order chi connectivity index (χ0) is 14.8. The molecule has 110 valence electrons. The van der Waals surface area contributed by atoms with Crippen LogP contribution in [0.1, 0.15) is 25.7 Å². The maximum absolute atomic E-state index is 12.3. The fraction of sp³-hybridized carbons (Fsp3) is 0.438. The molecule has 0 aromatic heterocycles. The summed E-state index contributed by atoms with van der Waals surface area (Å²) in [7, 11) is 0. The Bertz CT molecular complexity index is 597. The molecule has 1 saturated carbocycles. The Kier molecular flexibility index (Phi) is 3.73. The lowest BCUT2D eigenvalue weighted by Gasteiger charge is -2.04. The van der Waals surface area contributed by atoms with Gasteiger partial charge in [0, 0.05) is 23.7 Å². The Morgan fingerprint density at radius 3 is 3.00 bits per heavy atom. The van der Waals surface area contributed by atoms with Crippen LogP contribution in [-0.2, 0) is 4.79 Å². The first kappa shape index (κ1) is 13.8. The lowest BCUT2D eigenvalue weighted by Crippen LogP contribution is -2.15. The molecule has 1 aromatic carbocycles. The van der Waals surface area contributed by atoms with Gasteiger partial charge < -0.3 is 5.32 Å². The van der Waals surface area contributed by atoms with Crippen molar-refractivity contribution in [3.63, 3.8) is 0 Å². The minimum absolute atomic E-state index is 0.00508. The van der Waals surface area contributed by atoms with E-state index >= 15 is 0 Å². The molecule has 5 heteroatoms. The zero-order valence-corrected chi connectivity index (χ0v) is 11.7. The summed E-state index contributed by atoms with van der Waals surface area (Å²) in [5.41, 5.74) is 0.493. The third-order valence-electron chi connectivity index (χ3n) is 4.37. The summed E-state index contributed by atoms with van der Waals surface area (Å²) in [6.45, 7) is 0. The molecule has 3 rings (SSSR count). The third kappa shape index (κ3) is 2.96. The highest BCUT2D eigenvalue weighted by Crippen LogP contribution is 2.51. The summed E-state index contributed by atoms with van der Waals surface area (Å²) in [4.78, 5) is 22.6. The van der Waals surface area contributed by atoms with E-state index in [0.717, 1.165) is 12.8 Å². The molecule has 21 heavy (non-hydrogen) atoms. The Hall–Kier alpha value is -2.17. The van der Waals surface area contributed by atoms with E-state index in [0.29, 0.717) is 17.5 Å². The predicted octanol–water partition coefficient (Wildman–Crippen LogP) is 3.53. The number of hydrogen-bond donors (Lipinski definition) is 1. The molecule has 1 aromatic rings. The second-order valence-electron chi connectivity index (χ2n) is 5.78. The summed E-state index contributed by atoms with van der Waals surface area (Å²) in [6.07, 6.45) is 8.91. The molecule has 1 amide bonds. The quantitative estimate of drug-likeness (QED) is 0.525. The first-order valence-electron chi connectivity index (χ1n) is 7.39. The molecule has 1 fully saturated rings. The predicted molar refractivity (Wildman–Crippen MR) is 79.8 cm³/mol. The van der Waals surface area contributed by atoms with Crippen LogP contribution in [0.5, 0.6) is 0 Å². The van der Waals surface area contributed by atoms with Crippen molar-refractivity contribution in [1.29, 1.82) is 0 Å². The van der Waals surface area contributed by atoms with E-state index in [9.17, 15) is 14.9 Å². The lowest BCUT2D eigenvalue weighted by atomic mass is 10.1. The number of carbonyl (C=O) groups excluding carboxylic acids is 1. The maximum Gasteiger partial charge on any atom is 0.271 e. The van der Waals surface area contributed by atoms with Gasteiger partial charge in [0.25, 0.3) is 5.69 Å². The highest BCUT2D eigenvalue weighted by atomic mass is 16.6. The molecule has 2 aliphatic rings. The van der Waals surface area contributed by atoms with Crippen LogP contribution in [0.25, 0.3) is 0 Å². The van der Waals surface area contributed by atoms with Gasteiger partial charge in [0.05, 0.1) is 4.92 Å². The Labute approximate surface area is 123 Å². The fourth-order valence-electron chi connectivity index (χ4n) is 3.22. The third-order valence-corrected chi connectivity index (χ3v) is 4.37. The van der Waals surface area contributed by atoms with Gasteiger partial charge >= 0.3 is 0 Å². The van der Waals surface area contributed by atoms with Gasteiger partial charge in [-0.25, -0.2) is 0 Å². The van der Waals surface area contributed by atoms with E-state index in [4.69, 9.17) is 0 Å². The van der Waals surface area contributed by atoms with Crippen molar-refractivity contribution in [2.75, 3.05) is 5.32 Å². The van der Waals surface area contributed by atoms with Crippen molar-refractivity contribution in [2.45, 2.75) is 25.7 Å². The fourth-order valence-corrected chi connectivity index (χ4v) is 3.22. The minimum Gasteiger partial charge on any atom is -0.326 e. The van der Waals surface area contributed by atoms with E-state index in [-0.39, 0.29) is 17.5 Å². The van der Waals surface area contributed by atoms with Gasteiger partial charge in [0.15, 0.2) is 0 Å². The van der Waals surface area contributed by atoms with Gasteiger partial charge in [-0.2, -0.15) is 0 Å². The number of fused-ring (bicyclic) bond motifs is 1. The highest BCUT2D eigenvalue weighted by molar-refractivity contribution is 5.95. The molecule has 2 aliphatic carbocycles. The number of rotatable bonds is 3. The van der Waals surface area contributed by atoms with Crippen molar-refractivity contribution < 1.29 is 9.72 Å². The topological polar surface area (TPSA) is 72.2 Å². The summed E-state index contributed by atoms with van der Waals surface area (Å²) < 4.78 is 0. The summed E-state index contributed by atoms with van der Waals surface area (Å²) in [6, 6.07) is 6.09. The number of non-ortho nitro benzene ring substituents is 1. The molecule has 0 unspecified atom stereocenters. The lowest BCUT2D eigenvalue weighted by molar-refractivity contribution is -0.384. The van der Waals surface area contributed by atoms with Crippen molar-refractivity contribution >= 4 is 17.3 Å². The maximum atomic E-state index is 12.3. The number of anilines is 1. The second kappa shape index (κ2) is 5.68. The molecular weight excluding hydrogens is 268 g/mol. The number of nitrogens with one attached hydrogen (secondary N) is 1. The number of amides is 1. The Morgan fingerprint density at radius 1 is 1.33 bits per heavy atom. The largest absolute Gasteiger partial charge is 0.326 e. The summed E-state index contributed by atoms with van der Waals surface area (Å²) in [5, 5.41) is 13.6. The van der Waals surface area contributed by atoms with E-state index in [1.165, 1.54) is 25.0 Å². The number of nitrogens with zero attached hydrogens (tertiary/aromatic N) is 1. The number of allylic oxidation sites excluding steroid dienone is 2. The summed E-state index contributed by atoms with van der Waals surface area (Å²) >= 11 is 0. The Morgan fingerprint density at radius 2 is 2.19 bits per heavy atom. The smallest absolute Gasteiger partial charge is 0.271 e. The number of nitro benzene ring substituents is 1. The molecule has 0 aliphatic heterocycles. The Balaban J connectivity index is 1.67. The minimum atomic E-state index is -0.455. The van der Waals surface area contributed by atoms with Crippen LogP contribution in [0.2, 0.25) is 0 Å². The highest BCUT2D eigenvalue weighted by Gasteiger charge is 2.52. The number of carbonyl (C=O) groups is 1. The molecule has 3 atom stereocenters. The molecule has 0 spiro atoms. The van der Waals surface area contributed by atoms with E-state index < -0.39 is 4.92 Å². The van der Waals surface area contributed by atoms with E-state index in [1.54, 1.807) is 12.1 Å². The van der Waals surface area contributed by atoms with Crippen LogP contribution in [0.15, 0.2) is 36.4 Å². The van der Waals surface area contributed by atoms with Gasteiger partial charge in [0.1, 0.15) is 0 Å². The average molecular weight is 286 g/mol. The van der Waals surface area contributed by atoms with Crippen LogP contribution in [0.3, 0.4) is 0 Å². The monoisotopic (exact) mass is 286 g/mol. The van der Waals surface area contributed by atoms with Crippen LogP contribution in [0, 0.1) is 27.9 Å². The van der Waals surface area contributed by atoms with Crippen LogP contribution >= 0.6 is 0 Å². The van der Waals surface area contributed by atoms with Gasteiger partial charge in [0.2, 0.25) is 5.91 Å². The molecule has 5 nitrogen and oxygen atoms in total. The van der Waals surface area contributed by atoms with Crippen molar-refractivity contribution in [3.05, 3.63) is 46.5 Å². The normalized spacial score (nSPS) is 27.1. The average Bonchev–Trinajstić information content (AvgIpc) is 3.10. The SMILES string of the molecule is O=C(Nc1cccc([N+](=O)[O-])c1)[C@@H]1[C@@H]2C=CCCCC[C@@H]21. The van der Waals surface area contributed by atoms with Gasteiger partial charge in [-0.15, -0.1) is 0 Å². The van der Waals surface area contributed by atoms with Crippen molar-refractivity contribution in [1.82, 2.24) is 0 Å². The van der Waals surface area contributed by atoms with Crippen LogP contribution in [0.4, 0.5) is 11.4 Å². The van der Waals surface area contributed by atoms with Crippen molar-refractivity contribution in [2.24, 2.45) is 17.8 Å². The molecule has 0 radical (unpaired) electrons. The van der Waals surface area contributed by atoms with Gasteiger partial charge in [-0.3, -0.25) is 14.9 Å². The molecule has 0 bridgehead atoms.